The molecule has 0 bridgehead atoms. The summed E-state index contributed by atoms with van der Waals surface area (Å²) in [6, 6.07) is 6.10. The highest BCUT2D eigenvalue weighted by atomic mass is 32.1. The predicted molar refractivity (Wildman–Crippen MR) is 75.4 cm³/mol. The highest BCUT2D eigenvalue weighted by Crippen LogP contribution is 2.17. The topological polar surface area (TPSA) is 44.7 Å². The van der Waals surface area contributed by atoms with Crippen molar-refractivity contribution in [2.24, 2.45) is 0 Å². The lowest BCUT2D eigenvalue weighted by Gasteiger charge is -2.18. The summed E-state index contributed by atoms with van der Waals surface area (Å²) in [7, 11) is 0. The van der Waals surface area contributed by atoms with Crippen LogP contribution in [0.2, 0.25) is 0 Å². The minimum Gasteiger partial charge on any atom is -0.392 e. The second-order valence-electron chi connectivity index (χ2n) is 4.65. The first-order valence-electron chi connectivity index (χ1n) is 6.04. The van der Waals surface area contributed by atoms with Crippen LogP contribution in [0.25, 0.3) is 0 Å². The molecule has 18 heavy (non-hydrogen) atoms. The molecule has 5 heteroatoms. The van der Waals surface area contributed by atoms with Gasteiger partial charge in [-0.3, -0.25) is 0 Å². The smallest absolute Gasteiger partial charge is 0.283 e. The highest BCUT2D eigenvalue weighted by molar-refractivity contribution is 7.80. The number of β-amino-alcohol motifs (C(OH)–C–C–N with tert-alkyl or cyclic N) is 1. The van der Waals surface area contributed by atoms with E-state index in [1.165, 1.54) is 5.56 Å². The molecule has 0 amide bonds. The number of nitrogens with one attached hydrogen (secondary N) is 1. The van der Waals surface area contributed by atoms with Crippen molar-refractivity contribution in [3.05, 3.63) is 29.3 Å². The van der Waals surface area contributed by atoms with Gasteiger partial charge in [0.15, 0.2) is 0 Å². The molecule has 4 nitrogen and oxygen atoms in total. The minimum atomic E-state index is -0.311. The van der Waals surface area contributed by atoms with Crippen molar-refractivity contribution in [2.75, 3.05) is 18.4 Å². The molecule has 1 aliphatic heterocycles. The summed E-state index contributed by atoms with van der Waals surface area (Å²) in [5.74, 6) is 0. The van der Waals surface area contributed by atoms with Gasteiger partial charge in [-0.25, -0.2) is 0 Å². The van der Waals surface area contributed by atoms with Crippen LogP contribution in [0.3, 0.4) is 0 Å². The first kappa shape index (κ1) is 13.3. The summed E-state index contributed by atoms with van der Waals surface area (Å²) in [6.07, 6.45) is 0.417. The van der Waals surface area contributed by atoms with Gasteiger partial charge in [-0.2, -0.15) is 0 Å². The van der Waals surface area contributed by atoms with Crippen LogP contribution in [0.4, 0.5) is 5.69 Å². The lowest BCUT2D eigenvalue weighted by molar-refractivity contribution is -0.0551. The van der Waals surface area contributed by atoms with Gasteiger partial charge in [0.05, 0.1) is 12.6 Å². The third-order valence-electron chi connectivity index (χ3n) is 2.96. The third kappa shape index (κ3) is 3.41. The van der Waals surface area contributed by atoms with Crippen LogP contribution in [-0.2, 0) is 4.84 Å². The number of aliphatic hydroxyl groups excluding tert-OH is 1. The molecule has 1 fully saturated rings. The molecule has 1 unspecified atom stereocenters. The first-order chi connectivity index (χ1) is 8.54. The molecule has 0 aromatic heterocycles. The number of thiocarbonyl (C=S) groups is 1. The predicted octanol–water partition coefficient (Wildman–Crippen LogP) is 2.00. The second kappa shape index (κ2) is 5.65. The van der Waals surface area contributed by atoms with Crippen molar-refractivity contribution >= 4 is 23.1 Å². The van der Waals surface area contributed by atoms with Gasteiger partial charge in [0, 0.05) is 12.2 Å². The van der Waals surface area contributed by atoms with Gasteiger partial charge < -0.3 is 15.3 Å². The van der Waals surface area contributed by atoms with Crippen molar-refractivity contribution in [3.63, 3.8) is 0 Å². The Morgan fingerprint density at radius 1 is 1.50 bits per heavy atom. The number of benzene rings is 1. The van der Waals surface area contributed by atoms with Crippen LogP contribution in [0.15, 0.2) is 18.2 Å². The number of nitrogens with zero attached hydrogens (tertiary/aromatic N) is 1. The van der Waals surface area contributed by atoms with E-state index in [1.807, 2.05) is 19.1 Å². The molecule has 0 saturated carbocycles. The molecule has 1 heterocycles. The van der Waals surface area contributed by atoms with Crippen LogP contribution in [0.1, 0.15) is 17.5 Å². The number of rotatable bonds is 2. The fourth-order valence-electron chi connectivity index (χ4n) is 2.00. The van der Waals surface area contributed by atoms with E-state index in [9.17, 15) is 5.11 Å². The number of hydrogen-bond acceptors (Lipinski definition) is 4. The molecule has 2 rings (SSSR count). The Labute approximate surface area is 113 Å². The monoisotopic (exact) mass is 266 g/mol. The number of hydrogen-bond donors (Lipinski definition) is 2. The molecule has 98 valence electrons. The SMILES string of the molecule is Cc1ccc(NC(=S)ON2CCC(O)C2)c(C)c1. The Bertz CT molecular complexity index is 451. The number of aryl methyl sites for hydroxylation is 2. The molecule has 1 aromatic carbocycles. The fourth-order valence-corrected chi connectivity index (χ4v) is 2.21. The second-order valence-corrected chi connectivity index (χ2v) is 5.02. The average molecular weight is 266 g/mol. The summed E-state index contributed by atoms with van der Waals surface area (Å²) in [5.41, 5.74) is 3.29. The highest BCUT2D eigenvalue weighted by Gasteiger charge is 2.22. The Morgan fingerprint density at radius 2 is 2.28 bits per heavy atom. The maximum atomic E-state index is 9.39. The number of anilines is 1. The molecule has 1 aliphatic rings. The quantitative estimate of drug-likeness (QED) is 0.802. The Morgan fingerprint density at radius 3 is 2.89 bits per heavy atom. The first-order valence-corrected chi connectivity index (χ1v) is 6.44. The van der Waals surface area contributed by atoms with E-state index in [0.717, 1.165) is 17.7 Å². The van der Waals surface area contributed by atoms with Gasteiger partial charge in [0.1, 0.15) is 0 Å². The molecule has 0 radical (unpaired) electrons. The van der Waals surface area contributed by atoms with E-state index in [0.29, 0.717) is 18.3 Å². The molecule has 1 atom stereocenters. The molecule has 2 N–H and O–H groups in total. The average Bonchev–Trinajstić information content (AvgIpc) is 2.68. The van der Waals surface area contributed by atoms with Gasteiger partial charge in [0.25, 0.3) is 5.17 Å². The van der Waals surface area contributed by atoms with Crippen molar-refractivity contribution < 1.29 is 9.94 Å². The summed E-state index contributed by atoms with van der Waals surface area (Å²) in [4.78, 5) is 5.46. The summed E-state index contributed by atoms with van der Waals surface area (Å²) in [5, 5.41) is 14.5. The zero-order valence-corrected chi connectivity index (χ0v) is 11.5. The maximum Gasteiger partial charge on any atom is 0.283 e. The van der Waals surface area contributed by atoms with Crippen molar-refractivity contribution in [3.8, 4) is 0 Å². The van der Waals surface area contributed by atoms with Gasteiger partial charge in [0.2, 0.25) is 0 Å². The molecule has 0 aliphatic carbocycles. The standard InChI is InChI=1S/C13H18N2O2S/c1-9-3-4-12(10(2)7-9)14-13(18)17-15-6-5-11(16)8-15/h3-4,7,11,16H,5-6,8H2,1-2H3,(H,14,18). The van der Waals surface area contributed by atoms with E-state index in [2.05, 4.69) is 18.3 Å². The van der Waals surface area contributed by atoms with Crippen molar-refractivity contribution in [2.45, 2.75) is 26.4 Å². The molecular formula is C13H18N2O2S. The summed E-state index contributed by atoms with van der Waals surface area (Å²) >= 11 is 5.15. The Balaban J connectivity index is 1.91. The number of hydroxylamine groups is 2. The van der Waals surface area contributed by atoms with E-state index >= 15 is 0 Å². The molecular weight excluding hydrogens is 248 g/mol. The zero-order valence-electron chi connectivity index (χ0n) is 10.6. The third-order valence-corrected chi connectivity index (χ3v) is 3.13. The van der Waals surface area contributed by atoms with Gasteiger partial charge in [-0.15, -0.1) is 5.06 Å². The van der Waals surface area contributed by atoms with Crippen LogP contribution in [0, 0.1) is 13.8 Å². The summed E-state index contributed by atoms with van der Waals surface area (Å²) < 4.78 is 0. The Kier molecular flexibility index (Phi) is 4.16. The van der Waals surface area contributed by atoms with Crippen LogP contribution in [0.5, 0.6) is 0 Å². The molecule has 1 aromatic rings. The van der Waals surface area contributed by atoms with E-state index in [1.54, 1.807) is 5.06 Å². The van der Waals surface area contributed by atoms with Crippen LogP contribution < -0.4 is 5.32 Å². The lowest BCUT2D eigenvalue weighted by atomic mass is 10.1. The van der Waals surface area contributed by atoms with Crippen LogP contribution in [-0.4, -0.2) is 34.5 Å². The van der Waals surface area contributed by atoms with E-state index < -0.39 is 0 Å². The van der Waals surface area contributed by atoms with Gasteiger partial charge in [-0.1, -0.05) is 17.7 Å². The van der Waals surface area contributed by atoms with E-state index in [-0.39, 0.29) is 6.10 Å². The number of aliphatic hydroxyl groups is 1. The fraction of sp³-hybridized carbons (Fsp3) is 0.462. The molecule has 1 saturated heterocycles. The zero-order chi connectivity index (χ0) is 13.1. The van der Waals surface area contributed by atoms with Gasteiger partial charge >= 0.3 is 0 Å². The van der Waals surface area contributed by atoms with Crippen molar-refractivity contribution in [1.82, 2.24) is 5.06 Å². The minimum absolute atomic E-state index is 0.311. The van der Waals surface area contributed by atoms with Crippen LogP contribution >= 0.6 is 12.2 Å². The maximum absolute atomic E-state index is 9.39. The molecule has 0 spiro atoms. The van der Waals surface area contributed by atoms with E-state index in [4.69, 9.17) is 17.1 Å². The summed E-state index contributed by atoms with van der Waals surface area (Å²) in [6.45, 7) is 5.29. The lowest BCUT2D eigenvalue weighted by Crippen LogP contribution is -2.28. The normalized spacial score (nSPS) is 19.8. The van der Waals surface area contributed by atoms with Crippen molar-refractivity contribution in [1.29, 1.82) is 0 Å². The Hall–Kier alpha value is -1.17. The largest absolute Gasteiger partial charge is 0.392 e. The van der Waals surface area contributed by atoms with Gasteiger partial charge in [-0.05, 0) is 44.1 Å².